The molecule has 2 rings (SSSR count). The fraction of sp³-hybridized carbons (Fsp3) is 0.286. The van der Waals surface area contributed by atoms with Crippen LogP contribution in [0.15, 0.2) is 33.0 Å². The van der Waals surface area contributed by atoms with Crippen molar-refractivity contribution in [2.75, 3.05) is 11.5 Å². The van der Waals surface area contributed by atoms with E-state index in [0.717, 1.165) is 10.5 Å². The molecule has 0 aliphatic heterocycles. The molecule has 1 heterocycles. The van der Waals surface area contributed by atoms with Gasteiger partial charge in [0, 0.05) is 21.8 Å². The van der Waals surface area contributed by atoms with Crippen molar-refractivity contribution in [1.29, 1.82) is 0 Å². The Balaban J connectivity index is 2.59. The van der Waals surface area contributed by atoms with Crippen LogP contribution in [0.3, 0.4) is 0 Å². The van der Waals surface area contributed by atoms with Crippen molar-refractivity contribution in [3.63, 3.8) is 0 Å². The van der Waals surface area contributed by atoms with Crippen molar-refractivity contribution in [3.8, 4) is 0 Å². The third kappa shape index (κ3) is 4.07. The van der Waals surface area contributed by atoms with Gasteiger partial charge in [-0.2, -0.15) is 4.98 Å². The second-order valence-corrected chi connectivity index (χ2v) is 8.95. The number of nitrogens with zero attached hydrogens (tertiary/aromatic N) is 2. The minimum atomic E-state index is -3.83. The van der Waals surface area contributed by atoms with Crippen LogP contribution in [0.2, 0.25) is 0 Å². The zero-order valence-corrected chi connectivity index (χ0v) is 15.3. The minimum Gasteiger partial charge on any atom is -0.383 e. The molecule has 0 spiro atoms. The predicted octanol–water partition coefficient (Wildman–Crippen LogP) is 3.15. The lowest BCUT2D eigenvalue weighted by Gasteiger charge is -2.16. The summed E-state index contributed by atoms with van der Waals surface area (Å²) in [6.45, 7) is 5.77. The summed E-state index contributed by atoms with van der Waals surface area (Å²) in [6.07, 6.45) is 1.52. The van der Waals surface area contributed by atoms with Gasteiger partial charge in [-0.05, 0) is 30.0 Å². The standard InChI is InChI=1S/C14H17ClN4O2S2/c1-7(2)9-4-8(3)12(23(15,20)21)5-10(9)22-11-6-18-14(17)19-13(11)16/h4-7H,1-3H3,(H4,16,17,18,19). The van der Waals surface area contributed by atoms with E-state index >= 15 is 0 Å². The van der Waals surface area contributed by atoms with Crippen LogP contribution in [-0.2, 0) is 9.05 Å². The maximum absolute atomic E-state index is 11.7. The molecule has 9 heteroatoms. The van der Waals surface area contributed by atoms with Gasteiger partial charge >= 0.3 is 0 Å². The van der Waals surface area contributed by atoms with Crippen LogP contribution in [-0.4, -0.2) is 18.4 Å². The number of rotatable bonds is 4. The molecule has 23 heavy (non-hydrogen) atoms. The quantitative estimate of drug-likeness (QED) is 0.792. The Bertz CT molecular complexity index is 854. The molecule has 0 amide bonds. The van der Waals surface area contributed by atoms with Crippen molar-refractivity contribution >= 4 is 43.3 Å². The number of aromatic nitrogens is 2. The van der Waals surface area contributed by atoms with Gasteiger partial charge in [-0.25, -0.2) is 13.4 Å². The molecule has 1 aromatic heterocycles. The van der Waals surface area contributed by atoms with Crippen LogP contribution in [0, 0.1) is 6.92 Å². The highest BCUT2D eigenvalue weighted by Crippen LogP contribution is 2.39. The monoisotopic (exact) mass is 372 g/mol. The lowest BCUT2D eigenvalue weighted by atomic mass is 10.0. The zero-order chi connectivity index (χ0) is 17.4. The van der Waals surface area contributed by atoms with Crippen molar-refractivity contribution < 1.29 is 8.42 Å². The second-order valence-electron chi connectivity index (χ2n) is 5.33. The van der Waals surface area contributed by atoms with E-state index in [1.165, 1.54) is 18.0 Å². The molecule has 0 fully saturated rings. The number of halogens is 1. The first kappa shape index (κ1) is 17.8. The fourth-order valence-corrected chi connectivity index (χ4v) is 4.45. The van der Waals surface area contributed by atoms with E-state index in [-0.39, 0.29) is 22.6 Å². The first-order valence-corrected chi connectivity index (χ1v) is 9.87. The molecule has 0 bridgehead atoms. The molecule has 1 aromatic carbocycles. The highest BCUT2D eigenvalue weighted by atomic mass is 35.7. The van der Waals surface area contributed by atoms with E-state index in [9.17, 15) is 8.42 Å². The van der Waals surface area contributed by atoms with Gasteiger partial charge in [0.2, 0.25) is 5.95 Å². The largest absolute Gasteiger partial charge is 0.383 e. The van der Waals surface area contributed by atoms with Gasteiger partial charge in [0.1, 0.15) is 5.82 Å². The highest BCUT2D eigenvalue weighted by molar-refractivity contribution is 8.13. The summed E-state index contributed by atoms with van der Waals surface area (Å²) in [5.41, 5.74) is 12.9. The molecule has 4 N–H and O–H groups in total. The fourth-order valence-electron chi connectivity index (χ4n) is 2.09. The summed E-state index contributed by atoms with van der Waals surface area (Å²) >= 11 is 1.29. The van der Waals surface area contributed by atoms with Crippen LogP contribution in [0.25, 0.3) is 0 Å². The van der Waals surface area contributed by atoms with Crippen LogP contribution in [0.4, 0.5) is 11.8 Å². The van der Waals surface area contributed by atoms with Crippen LogP contribution in [0.1, 0.15) is 30.9 Å². The van der Waals surface area contributed by atoms with E-state index in [4.69, 9.17) is 22.1 Å². The Morgan fingerprint density at radius 2 is 1.87 bits per heavy atom. The van der Waals surface area contributed by atoms with E-state index in [1.807, 2.05) is 19.9 Å². The maximum Gasteiger partial charge on any atom is 0.261 e. The topological polar surface area (TPSA) is 112 Å². The Hall–Kier alpha value is -1.51. The molecule has 0 aliphatic rings. The SMILES string of the molecule is Cc1cc(C(C)C)c(Sc2cnc(N)nc2N)cc1S(=O)(=O)Cl. The number of aryl methyl sites for hydroxylation is 1. The predicted molar refractivity (Wildman–Crippen MR) is 93.3 cm³/mol. The number of anilines is 2. The van der Waals surface area contributed by atoms with Gasteiger partial charge in [-0.3, -0.25) is 0 Å². The van der Waals surface area contributed by atoms with Crippen molar-refractivity contribution in [1.82, 2.24) is 9.97 Å². The van der Waals surface area contributed by atoms with E-state index < -0.39 is 9.05 Å². The molecule has 0 radical (unpaired) electrons. The molecule has 0 atom stereocenters. The summed E-state index contributed by atoms with van der Waals surface area (Å²) in [5, 5.41) is 0. The maximum atomic E-state index is 11.7. The van der Waals surface area contributed by atoms with Gasteiger partial charge in [-0.15, -0.1) is 0 Å². The number of nitrogen functional groups attached to an aromatic ring is 2. The molecule has 0 saturated heterocycles. The number of hydrogen-bond acceptors (Lipinski definition) is 7. The molecule has 0 aliphatic carbocycles. The molecule has 0 saturated carbocycles. The molecule has 6 nitrogen and oxygen atoms in total. The highest BCUT2D eigenvalue weighted by Gasteiger charge is 2.19. The number of benzene rings is 1. The first-order chi connectivity index (χ1) is 10.6. The molecule has 0 unspecified atom stereocenters. The van der Waals surface area contributed by atoms with Crippen LogP contribution < -0.4 is 11.5 Å². The summed E-state index contributed by atoms with van der Waals surface area (Å²) in [6, 6.07) is 3.39. The Morgan fingerprint density at radius 3 is 2.39 bits per heavy atom. The second kappa shape index (κ2) is 6.54. The van der Waals surface area contributed by atoms with E-state index in [1.54, 1.807) is 13.0 Å². The smallest absolute Gasteiger partial charge is 0.261 e. The van der Waals surface area contributed by atoms with Crippen LogP contribution in [0.5, 0.6) is 0 Å². The summed E-state index contributed by atoms with van der Waals surface area (Å²) in [4.78, 5) is 9.26. The van der Waals surface area contributed by atoms with Crippen molar-refractivity contribution in [2.24, 2.45) is 0 Å². The van der Waals surface area contributed by atoms with Gasteiger partial charge in [0.05, 0.1) is 9.79 Å². The van der Waals surface area contributed by atoms with Gasteiger partial charge in [-0.1, -0.05) is 31.7 Å². The van der Waals surface area contributed by atoms with Gasteiger partial charge < -0.3 is 11.5 Å². The molecular weight excluding hydrogens is 356 g/mol. The summed E-state index contributed by atoms with van der Waals surface area (Å²) in [5.74, 6) is 0.524. The van der Waals surface area contributed by atoms with Crippen molar-refractivity contribution in [2.45, 2.75) is 41.4 Å². The summed E-state index contributed by atoms with van der Waals surface area (Å²) in [7, 11) is 1.69. The number of hydrogen-bond donors (Lipinski definition) is 2. The Morgan fingerprint density at radius 1 is 1.22 bits per heavy atom. The minimum absolute atomic E-state index is 0.0843. The first-order valence-electron chi connectivity index (χ1n) is 6.74. The molecular formula is C14H17ClN4O2S2. The third-order valence-corrected chi connectivity index (χ3v) is 5.79. The lowest BCUT2D eigenvalue weighted by Crippen LogP contribution is -2.02. The average molecular weight is 373 g/mol. The number of nitrogens with two attached hydrogens (primary N) is 2. The molecule has 124 valence electrons. The third-order valence-electron chi connectivity index (χ3n) is 3.21. The van der Waals surface area contributed by atoms with E-state index in [0.29, 0.717) is 10.5 Å². The van der Waals surface area contributed by atoms with Crippen molar-refractivity contribution in [3.05, 3.63) is 29.5 Å². The van der Waals surface area contributed by atoms with Crippen LogP contribution >= 0.6 is 22.4 Å². The Kier molecular flexibility index (Phi) is 5.07. The normalized spacial score (nSPS) is 11.9. The zero-order valence-electron chi connectivity index (χ0n) is 12.9. The molecule has 2 aromatic rings. The van der Waals surface area contributed by atoms with Gasteiger partial charge in [0.25, 0.3) is 9.05 Å². The average Bonchev–Trinajstić information content (AvgIpc) is 2.41. The van der Waals surface area contributed by atoms with Gasteiger partial charge in [0.15, 0.2) is 0 Å². The Labute approximate surface area is 144 Å². The summed E-state index contributed by atoms with van der Waals surface area (Å²) < 4.78 is 23.5. The lowest BCUT2D eigenvalue weighted by molar-refractivity contribution is 0.608. The van der Waals surface area contributed by atoms with E-state index in [2.05, 4.69) is 9.97 Å².